The van der Waals surface area contributed by atoms with Gasteiger partial charge in [-0.3, -0.25) is 9.59 Å². The van der Waals surface area contributed by atoms with Crippen LogP contribution in [0.4, 0.5) is 5.00 Å². The lowest BCUT2D eigenvalue weighted by Crippen LogP contribution is -2.28. The van der Waals surface area contributed by atoms with Gasteiger partial charge in [-0.05, 0) is 44.6 Å². The van der Waals surface area contributed by atoms with Crippen LogP contribution in [0.1, 0.15) is 48.0 Å². The number of fused-ring (bicyclic) bond motifs is 1. The first kappa shape index (κ1) is 20.2. The molecule has 0 radical (unpaired) electrons. The van der Waals surface area contributed by atoms with Gasteiger partial charge in [0.15, 0.2) is 0 Å². The van der Waals surface area contributed by atoms with E-state index in [9.17, 15) is 9.59 Å². The van der Waals surface area contributed by atoms with Crippen LogP contribution in [0.5, 0.6) is 0 Å². The van der Waals surface area contributed by atoms with Gasteiger partial charge >= 0.3 is 0 Å². The maximum absolute atomic E-state index is 12.3. The largest absolute Gasteiger partial charge is 0.365 e. The standard InChI is InChI=1S/C17H25N3O2S3/c1-4-20(5-2)17(23)24-9-13(21)19-16-14(15(18)22)11-7-6-10(3)8-12(11)25-16/h10H,4-9H2,1-3H3,(H2,18,22)(H,19,21)/t10-/m0/s1. The number of thioether (sulfide) groups is 1. The molecule has 3 N–H and O–H groups in total. The van der Waals surface area contributed by atoms with E-state index >= 15 is 0 Å². The van der Waals surface area contributed by atoms with Crippen molar-refractivity contribution >= 4 is 56.5 Å². The van der Waals surface area contributed by atoms with E-state index in [1.54, 1.807) is 0 Å². The summed E-state index contributed by atoms with van der Waals surface area (Å²) < 4.78 is 0.717. The van der Waals surface area contributed by atoms with Crippen LogP contribution in [-0.4, -0.2) is 39.9 Å². The van der Waals surface area contributed by atoms with E-state index in [0.29, 0.717) is 16.5 Å². The van der Waals surface area contributed by atoms with E-state index in [-0.39, 0.29) is 11.7 Å². The van der Waals surface area contributed by atoms with Gasteiger partial charge in [-0.15, -0.1) is 11.3 Å². The van der Waals surface area contributed by atoms with Gasteiger partial charge in [0, 0.05) is 18.0 Å². The van der Waals surface area contributed by atoms with Crippen LogP contribution in [0.25, 0.3) is 0 Å². The van der Waals surface area contributed by atoms with Crippen LogP contribution in [0, 0.1) is 5.92 Å². The number of thiocarbonyl (C=S) groups is 1. The molecular formula is C17H25N3O2S3. The summed E-state index contributed by atoms with van der Waals surface area (Å²) in [6.45, 7) is 7.92. The number of amides is 2. The summed E-state index contributed by atoms with van der Waals surface area (Å²) in [7, 11) is 0. The minimum atomic E-state index is -0.464. The van der Waals surface area contributed by atoms with E-state index in [1.807, 2.05) is 18.7 Å². The fourth-order valence-electron chi connectivity index (χ4n) is 2.96. The molecule has 0 saturated heterocycles. The highest BCUT2D eigenvalue weighted by Gasteiger charge is 2.27. The van der Waals surface area contributed by atoms with Gasteiger partial charge in [-0.25, -0.2) is 0 Å². The van der Waals surface area contributed by atoms with E-state index in [4.69, 9.17) is 18.0 Å². The van der Waals surface area contributed by atoms with Gasteiger partial charge in [-0.1, -0.05) is 30.9 Å². The molecule has 1 aliphatic carbocycles. The lowest BCUT2D eigenvalue weighted by atomic mass is 9.88. The molecule has 1 heterocycles. The van der Waals surface area contributed by atoms with Gasteiger partial charge in [-0.2, -0.15) is 0 Å². The van der Waals surface area contributed by atoms with Gasteiger partial charge in [0.05, 0.1) is 11.3 Å². The molecule has 0 aliphatic heterocycles. The molecule has 138 valence electrons. The van der Waals surface area contributed by atoms with Crippen LogP contribution in [0.2, 0.25) is 0 Å². The fourth-order valence-corrected chi connectivity index (χ4v) is 5.60. The predicted molar refractivity (Wildman–Crippen MR) is 111 cm³/mol. The maximum Gasteiger partial charge on any atom is 0.251 e. The average Bonchev–Trinajstić information content (AvgIpc) is 2.90. The third-order valence-corrected chi connectivity index (χ3v) is 7.05. The number of primary amides is 1. The van der Waals surface area contributed by atoms with Crippen molar-refractivity contribution in [3.8, 4) is 0 Å². The lowest BCUT2D eigenvalue weighted by Gasteiger charge is -2.20. The monoisotopic (exact) mass is 399 g/mol. The summed E-state index contributed by atoms with van der Waals surface area (Å²) >= 11 is 8.18. The Bertz CT molecular complexity index is 668. The molecule has 0 saturated carbocycles. The van der Waals surface area contributed by atoms with Crippen molar-refractivity contribution in [2.45, 2.75) is 40.0 Å². The molecule has 1 atom stereocenters. The first-order chi connectivity index (χ1) is 11.9. The number of carbonyl (C=O) groups excluding carboxylic acids is 2. The smallest absolute Gasteiger partial charge is 0.251 e. The molecule has 5 nitrogen and oxygen atoms in total. The highest BCUT2D eigenvalue weighted by Crippen LogP contribution is 2.39. The fraction of sp³-hybridized carbons (Fsp3) is 0.588. The summed E-state index contributed by atoms with van der Waals surface area (Å²) in [6.07, 6.45) is 2.84. The van der Waals surface area contributed by atoms with Crippen molar-refractivity contribution < 1.29 is 9.59 Å². The van der Waals surface area contributed by atoms with Crippen LogP contribution >= 0.6 is 35.3 Å². The quantitative estimate of drug-likeness (QED) is 0.718. The highest BCUT2D eigenvalue weighted by molar-refractivity contribution is 8.23. The number of hydrogen-bond donors (Lipinski definition) is 2. The van der Waals surface area contributed by atoms with E-state index in [0.717, 1.165) is 42.2 Å². The number of anilines is 1. The van der Waals surface area contributed by atoms with Crippen molar-refractivity contribution in [1.29, 1.82) is 0 Å². The van der Waals surface area contributed by atoms with Crippen molar-refractivity contribution in [2.24, 2.45) is 11.7 Å². The second-order valence-electron chi connectivity index (χ2n) is 6.20. The first-order valence-electron chi connectivity index (χ1n) is 8.53. The Balaban J connectivity index is 2.06. The molecule has 25 heavy (non-hydrogen) atoms. The Morgan fingerprint density at radius 1 is 1.40 bits per heavy atom. The van der Waals surface area contributed by atoms with Gasteiger partial charge < -0.3 is 16.0 Å². The third kappa shape index (κ3) is 4.95. The Morgan fingerprint density at radius 3 is 2.68 bits per heavy atom. The number of carbonyl (C=O) groups is 2. The molecule has 1 aromatic rings. The molecule has 1 aromatic heterocycles. The maximum atomic E-state index is 12.3. The lowest BCUT2D eigenvalue weighted by molar-refractivity contribution is -0.113. The van der Waals surface area contributed by atoms with E-state index in [1.165, 1.54) is 28.0 Å². The zero-order valence-electron chi connectivity index (χ0n) is 14.9. The number of nitrogens with zero attached hydrogens (tertiary/aromatic N) is 1. The second kappa shape index (κ2) is 9.00. The molecule has 1 aliphatic rings. The topological polar surface area (TPSA) is 75.4 Å². The normalized spacial score (nSPS) is 16.2. The molecule has 2 amide bonds. The van der Waals surface area contributed by atoms with E-state index in [2.05, 4.69) is 12.2 Å². The van der Waals surface area contributed by atoms with Crippen molar-refractivity contribution in [1.82, 2.24) is 4.90 Å². The molecule has 0 spiro atoms. The first-order valence-corrected chi connectivity index (χ1v) is 10.7. The number of hydrogen-bond acceptors (Lipinski definition) is 5. The molecule has 0 aromatic carbocycles. The SMILES string of the molecule is CCN(CC)C(=S)SCC(=O)Nc1sc2c(c1C(N)=O)CC[C@H](C)C2. The molecular weight excluding hydrogens is 374 g/mol. The number of rotatable bonds is 6. The Morgan fingerprint density at radius 2 is 2.08 bits per heavy atom. The van der Waals surface area contributed by atoms with Gasteiger partial charge in [0.1, 0.15) is 9.32 Å². The van der Waals surface area contributed by atoms with Crippen molar-refractivity contribution in [2.75, 3.05) is 24.2 Å². The molecule has 8 heteroatoms. The van der Waals surface area contributed by atoms with Crippen molar-refractivity contribution in [3.05, 3.63) is 16.0 Å². The minimum Gasteiger partial charge on any atom is -0.365 e. The summed E-state index contributed by atoms with van der Waals surface area (Å²) in [6, 6.07) is 0. The van der Waals surface area contributed by atoms with Crippen LogP contribution in [0.15, 0.2) is 0 Å². The number of nitrogens with two attached hydrogens (primary N) is 1. The number of nitrogens with one attached hydrogen (secondary N) is 1. The summed E-state index contributed by atoms with van der Waals surface area (Å²) in [4.78, 5) is 27.4. The van der Waals surface area contributed by atoms with Gasteiger partial charge in [0.2, 0.25) is 5.91 Å². The predicted octanol–water partition coefficient (Wildman–Crippen LogP) is 3.27. The molecule has 0 fully saturated rings. The average molecular weight is 400 g/mol. The summed E-state index contributed by atoms with van der Waals surface area (Å²) in [5.74, 6) is 0.201. The molecule has 2 rings (SSSR count). The zero-order chi connectivity index (χ0) is 18.6. The Hall–Kier alpha value is -1.12. The van der Waals surface area contributed by atoms with Gasteiger partial charge in [0.25, 0.3) is 5.91 Å². The highest BCUT2D eigenvalue weighted by atomic mass is 32.2. The Kier molecular flexibility index (Phi) is 7.27. The minimum absolute atomic E-state index is 0.159. The third-order valence-electron chi connectivity index (χ3n) is 4.36. The Labute approximate surface area is 162 Å². The number of thiophene rings is 1. The summed E-state index contributed by atoms with van der Waals surface area (Å²) in [5, 5.41) is 3.46. The van der Waals surface area contributed by atoms with Crippen molar-refractivity contribution in [3.63, 3.8) is 0 Å². The molecule has 0 bridgehead atoms. The van der Waals surface area contributed by atoms with Crippen LogP contribution in [0.3, 0.4) is 0 Å². The van der Waals surface area contributed by atoms with Crippen LogP contribution < -0.4 is 11.1 Å². The second-order valence-corrected chi connectivity index (χ2v) is 8.91. The zero-order valence-corrected chi connectivity index (χ0v) is 17.3. The van der Waals surface area contributed by atoms with E-state index < -0.39 is 5.91 Å². The molecule has 0 unspecified atom stereocenters. The summed E-state index contributed by atoms with van der Waals surface area (Å²) in [5.41, 5.74) is 7.10. The van der Waals surface area contributed by atoms with Crippen LogP contribution in [-0.2, 0) is 17.6 Å².